The van der Waals surface area contributed by atoms with E-state index in [9.17, 15) is 14.7 Å². The first kappa shape index (κ1) is 26.9. The second-order valence-electron chi connectivity index (χ2n) is 7.87. The van der Waals surface area contributed by atoms with E-state index >= 15 is 0 Å². The molecule has 2 aromatic carbocycles. The van der Waals surface area contributed by atoms with E-state index in [1.807, 2.05) is 62.6 Å². The van der Waals surface area contributed by atoms with E-state index in [4.69, 9.17) is 14.2 Å². The molecule has 0 spiro atoms. The monoisotopic (exact) mass is 493 g/mol. The third kappa shape index (κ3) is 8.49. The van der Waals surface area contributed by atoms with Crippen molar-refractivity contribution in [1.82, 2.24) is 0 Å². The molecule has 2 N–H and O–H groups in total. The van der Waals surface area contributed by atoms with Gasteiger partial charge in [0.2, 0.25) is 0 Å². The van der Waals surface area contributed by atoms with Crippen LogP contribution in [0, 0.1) is 5.41 Å². The minimum Gasteiger partial charge on any atom is -0.491 e. The number of thioether (sulfide) groups is 1. The zero-order chi connectivity index (χ0) is 24.3. The molecule has 0 aromatic heterocycles. The molecule has 0 fully saturated rings. The van der Waals surface area contributed by atoms with Crippen LogP contribution < -0.4 is 10.1 Å². The Morgan fingerprint density at radius 1 is 1.12 bits per heavy atom. The van der Waals surface area contributed by atoms with Crippen molar-refractivity contribution in [2.24, 2.45) is 5.41 Å². The van der Waals surface area contributed by atoms with Crippen LogP contribution in [-0.4, -0.2) is 49.0 Å². The van der Waals surface area contributed by atoms with E-state index in [1.165, 1.54) is 0 Å². The summed E-state index contributed by atoms with van der Waals surface area (Å²) < 4.78 is 16.8. The highest BCUT2D eigenvalue weighted by atomic mass is 32.2. The normalized spacial score (nSPS) is 12.0. The predicted molar refractivity (Wildman–Crippen MR) is 133 cm³/mol. The minimum atomic E-state index is -0.715. The standard InChI is InChI=1S/C24H31NO6S2/c1-24(2,12-14-30-21(27)16-32)22(19-6-4-5-7-20(19)29-15-13-26)31-23(28)25-17-8-10-18(33-3)11-9-17/h4-11,22,26,32H,12-16H2,1-3H3,(H,25,28)/t22-/m1/s1. The quantitative estimate of drug-likeness (QED) is 0.219. The minimum absolute atomic E-state index is 0.00404. The molecule has 0 saturated heterocycles. The van der Waals surface area contributed by atoms with Crippen molar-refractivity contribution in [2.45, 2.75) is 31.3 Å². The number of thiol groups is 1. The first-order valence-electron chi connectivity index (χ1n) is 10.5. The number of aliphatic hydroxyl groups excluding tert-OH is 1. The van der Waals surface area contributed by atoms with E-state index in [-0.39, 0.29) is 25.6 Å². The molecule has 0 unspecified atom stereocenters. The number of hydrogen-bond donors (Lipinski definition) is 3. The summed E-state index contributed by atoms with van der Waals surface area (Å²) in [5.41, 5.74) is 0.654. The number of ether oxygens (including phenoxy) is 3. The van der Waals surface area contributed by atoms with E-state index in [1.54, 1.807) is 17.8 Å². The fourth-order valence-corrected chi connectivity index (χ4v) is 3.66. The Balaban J connectivity index is 2.25. The summed E-state index contributed by atoms with van der Waals surface area (Å²) in [5, 5.41) is 11.9. The summed E-state index contributed by atoms with van der Waals surface area (Å²) in [5.74, 6) is 0.0921. The molecule has 180 valence electrons. The Kier molecular flexibility index (Phi) is 10.9. The van der Waals surface area contributed by atoms with Gasteiger partial charge in [-0.2, -0.15) is 12.6 Å². The lowest BCUT2D eigenvalue weighted by Gasteiger charge is -2.34. The highest BCUT2D eigenvalue weighted by Gasteiger charge is 2.36. The van der Waals surface area contributed by atoms with Gasteiger partial charge in [0.15, 0.2) is 0 Å². The molecule has 0 saturated carbocycles. The van der Waals surface area contributed by atoms with Gasteiger partial charge in [0.25, 0.3) is 0 Å². The van der Waals surface area contributed by atoms with Crippen LogP contribution in [0.1, 0.15) is 31.9 Å². The second kappa shape index (κ2) is 13.4. The topological polar surface area (TPSA) is 94.1 Å². The lowest BCUT2D eigenvalue weighted by molar-refractivity contribution is -0.141. The van der Waals surface area contributed by atoms with E-state index in [2.05, 4.69) is 17.9 Å². The maximum atomic E-state index is 12.8. The smallest absolute Gasteiger partial charge is 0.412 e. The van der Waals surface area contributed by atoms with Gasteiger partial charge in [0.1, 0.15) is 18.5 Å². The lowest BCUT2D eigenvalue weighted by Crippen LogP contribution is -2.31. The van der Waals surface area contributed by atoms with Crippen LogP contribution in [-0.2, 0) is 14.3 Å². The summed E-state index contributed by atoms with van der Waals surface area (Å²) in [6.07, 6.45) is 1.08. The summed E-state index contributed by atoms with van der Waals surface area (Å²) in [7, 11) is 0. The molecule has 2 aromatic rings. The zero-order valence-electron chi connectivity index (χ0n) is 19.1. The van der Waals surface area contributed by atoms with Crippen molar-refractivity contribution in [3.63, 3.8) is 0 Å². The number of carbonyl (C=O) groups excluding carboxylic acids is 2. The van der Waals surface area contributed by atoms with Crippen molar-refractivity contribution < 1.29 is 28.9 Å². The van der Waals surface area contributed by atoms with Crippen LogP contribution in [0.25, 0.3) is 0 Å². The summed E-state index contributed by atoms with van der Waals surface area (Å²) in [6, 6.07) is 14.7. The van der Waals surface area contributed by atoms with Crippen molar-refractivity contribution >= 4 is 42.1 Å². The van der Waals surface area contributed by atoms with Crippen molar-refractivity contribution in [2.75, 3.05) is 37.1 Å². The molecule has 0 aliphatic carbocycles. The average molecular weight is 494 g/mol. The van der Waals surface area contributed by atoms with E-state index in [0.29, 0.717) is 23.4 Å². The van der Waals surface area contributed by atoms with Crippen LogP contribution in [0.15, 0.2) is 53.4 Å². The molecule has 7 nitrogen and oxygen atoms in total. The number of anilines is 1. The van der Waals surface area contributed by atoms with Crippen LogP contribution >= 0.6 is 24.4 Å². The number of hydrogen-bond acceptors (Lipinski definition) is 8. The summed E-state index contributed by atoms with van der Waals surface area (Å²) in [4.78, 5) is 25.4. The highest BCUT2D eigenvalue weighted by Crippen LogP contribution is 2.43. The third-order valence-electron chi connectivity index (χ3n) is 4.96. The first-order chi connectivity index (χ1) is 15.8. The van der Waals surface area contributed by atoms with Crippen molar-refractivity contribution in [1.29, 1.82) is 0 Å². The van der Waals surface area contributed by atoms with E-state index < -0.39 is 23.6 Å². The highest BCUT2D eigenvalue weighted by molar-refractivity contribution is 7.98. The molecule has 0 bridgehead atoms. The number of rotatable bonds is 12. The molecule has 0 radical (unpaired) electrons. The van der Waals surface area contributed by atoms with Gasteiger partial charge in [0, 0.05) is 21.6 Å². The number of esters is 1. The molecule has 9 heteroatoms. The predicted octanol–water partition coefficient (Wildman–Crippen LogP) is 4.96. The van der Waals surface area contributed by atoms with Gasteiger partial charge < -0.3 is 19.3 Å². The van der Waals surface area contributed by atoms with Gasteiger partial charge >= 0.3 is 12.1 Å². The Morgan fingerprint density at radius 2 is 1.82 bits per heavy atom. The van der Waals surface area contributed by atoms with Gasteiger partial charge in [-0.05, 0) is 43.0 Å². The zero-order valence-corrected chi connectivity index (χ0v) is 20.8. The van der Waals surface area contributed by atoms with Crippen LogP contribution in [0.3, 0.4) is 0 Å². The molecule has 1 amide bonds. The van der Waals surface area contributed by atoms with E-state index in [0.717, 1.165) is 4.90 Å². The maximum absolute atomic E-state index is 12.8. The lowest BCUT2D eigenvalue weighted by atomic mass is 9.79. The SMILES string of the molecule is CSc1ccc(NC(=O)O[C@H](c2ccccc2OCCO)C(C)(C)CCOC(=O)CS)cc1. The van der Waals surface area contributed by atoms with Crippen molar-refractivity contribution in [3.8, 4) is 5.75 Å². The largest absolute Gasteiger partial charge is 0.491 e. The molecule has 0 aliphatic rings. The van der Waals surface area contributed by atoms with Gasteiger partial charge in [0.05, 0.1) is 19.0 Å². The summed E-state index contributed by atoms with van der Waals surface area (Å²) >= 11 is 5.53. The molecule has 33 heavy (non-hydrogen) atoms. The van der Waals surface area contributed by atoms with Gasteiger partial charge in [-0.25, -0.2) is 4.79 Å². The van der Waals surface area contributed by atoms with Gasteiger partial charge in [-0.3, -0.25) is 10.1 Å². The Hall–Kier alpha value is -2.36. The molecule has 1 atom stereocenters. The van der Waals surface area contributed by atoms with Gasteiger partial charge in [-0.1, -0.05) is 32.0 Å². The molecular weight excluding hydrogens is 462 g/mol. The van der Waals surface area contributed by atoms with Crippen LogP contribution in [0.4, 0.5) is 10.5 Å². The molecular formula is C24H31NO6S2. The fourth-order valence-electron chi connectivity index (χ4n) is 3.16. The number of nitrogens with one attached hydrogen (secondary N) is 1. The fraction of sp³-hybridized carbons (Fsp3) is 0.417. The van der Waals surface area contributed by atoms with Gasteiger partial charge in [-0.15, -0.1) is 11.8 Å². The number of amides is 1. The molecule has 0 heterocycles. The maximum Gasteiger partial charge on any atom is 0.412 e. The molecule has 0 aliphatic heterocycles. The van der Waals surface area contributed by atoms with Crippen LogP contribution in [0.5, 0.6) is 5.75 Å². The number of para-hydroxylation sites is 1. The van der Waals surface area contributed by atoms with Crippen molar-refractivity contribution in [3.05, 3.63) is 54.1 Å². The summed E-state index contributed by atoms with van der Waals surface area (Å²) in [6.45, 7) is 3.97. The number of benzene rings is 2. The Morgan fingerprint density at radius 3 is 2.45 bits per heavy atom. The number of aliphatic hydroxyl groups is 1. The Bertz CT molecular complexity index is 904. The Labute approximate surface area is 204 Å². The van der Waals surface area contributed by atoms with Crippen LogP contribution in [0.2, 0.25) is 0 Å². The second-order valence-corrected chi connectivity index (χ2v) is 9.06. The molecule has 2 rings (SSSR count). The first-order valence-corrected chi connectivity index (χ1v) is 12.4. The third-order valence-corrected chi connectivity index (χ3v) is 5.96. The number of carbonyl (C=O) groups is 2. The average Bonchev–Trinajstić information content (AvgIpc) is 2.81.